The van der Waals surface area contributed by atoms with Crippen LogP contribution < -0.4 is 5.32 Å². The van der Waals surface area contributed by atoms with E-state index in [1.54, 1.807) is 12.1 Å². The van der Waals surface area contributed by atoms with Crippen molar-refractivity contribution in [2.75, 3.05) is 5.75 Å². The van der Waals surface area contributed by atoms with Gasteiger partial charge >= 0.3 is 0 Å². The van der Waals surface area contributed by atoms with Gasteiger partial charge in [0.2, 0.25) is 5.91 Å². The van der Waals surface area contributed by atoms with E-state index in [4.69, 9.17) is 0 Å². The van der Waals surface area contributed by atoms with Gasteiger partial charge in [0.25, 0.3) is 0 Å². The van der Waals surface area contributed by atoms with Crippen LogP contribution in [0.5, 0.6) is 0 Å². The minimum Gasteiger partial charge on any atom is -0.349 e. The smallest absolute Gasteiger partial charge is 0.230 e. The molecule has 24 heavy (non-hydrogen) atoms. The molecule has 0 spiro atoms. The van der Waals surface area contributed by atoms with Gasteiger partial charge in [-0.15, -0.1) is 11.8 Å². The molecule has 0 fully saturated rings. The van der Waals surface area contributed by atoms with E-state index in [1.807, 2.05) is 13.0 Å². The molecule has 126 valence electrons. The lowest BCUT2D eigenvalue weighted by molar-refractivity contribution is -0.119. The third-order valence-electron chi connectivity index (χ3n) is 4.45. The van der Waals surface area contributed by atoms with E-state index in [-0.39, 0.29) is 17.8 Å². The zero-order valence-corrected chi connectivity index (χ0v) is 14.7. The van der Waals surface area contributed by atoms with Gasteiger partial charge in [0, 0.05) is 5.75 Å². The molecule has 1 atom stereocenters. The molecule has 2 aromatic carbocycles. The number of halogens is 1. The summed E-state index contributed by atoms with van der Waals surface area (Å²) in [6.45, 7) is 2.01. The van der Waals surface area contributed by atoms with Crippen LogP contribution in [0, 0.1) is 5.82 Å². The Balaban J connectivity index is 1.48. The number of carbonyl (C=O) groups excluding carboxylic acids is 1. The standard InChI is InChI=1S/C20H22FNOS/c1-14(16-10-9-15-6-4-7-17(15)11-16)22-20(23)13-24-12-18-5-2-3-8-19(18)21/h2-3,5,8-11,14H,4,6-7,12-13H2,1H3,(H,22,23)/t14-/m0/s1. The van der Waals surface area contributed by atoms with Crippen LogP contribution >= 0.6 is 11.8 Å². The van der Waals surface area contributed by atoms with Crippen LogP contribution in [-0.4, -0.2) is 11.7 Å². The van der Waals surface area contributed by atoms with Crippen molar-refractivity contribution in [2.24, 2.45) is 0 Å². The molecule has 0 saturated carbocycles. The lowest BCUT2D eigenvalue weighted by Gasteiger charge is -2.15. The predicted molar refractivity (Wildman–Crippen MR) is 97.6 cm³/mol. The molecule has 1 amide bonds. The SMILES string of the molecule is C[C@H](NC(=O)CSCc1ccccc1F)c1ccc2c(c1)CCC2. The molecule has 2 aromatic rings. The largest absolute Gasteiger partial charge is 0.349 e. The van der Waals surface area contributed by atoms with Crippen LogP contribution in [0.2, 0.25) is 0 Å². The molecule has 0 unspecified atom stereocenters. The van der Waals surface area contributed by atoms with Crippen molar-refractivity contribution in [2.45, 2.75) is 38.0 Å². The topological polar surface area (TPSA) is 29.1 Å². The van der Waals surface area contributed by atoms with Gasteiger partial charge in [0.05, 0.1) is 11.8 Å². The summed E-state index contributed by atoms with van der Waals surface area (Å²) < 4.78 is 13.5. The Morgan fingerprint density at radius 1 is 1.21 bits per heavy atom. The van der Waals surface area contributed by atoms with Gasteiger partial charge in [-0.25, -0.2) is 4.39 Å². The Bertz CT molecular complexity index is 731. The van der Waals surface area contributed by atoms with Gasteiger partial charge in [-0.3, -0.25) is 4.79 Å². The molecule has 1 aliphatic carbocycles. The summed E-state index contributed by atoms with van der Waals surface area (Å²) in [5, 5.41) is 3.03. The second-order valence-corrected chi connectivity index (χ2v) is 7.24. The lowest BCUT2D eigenvalue weighted by Crippen LogP contribution is -2.28. The molecule has 3 rings (SSSR count). The zero-order chi connectivity index (χ0) is 16.9. The first-order chi connectivity index (χ1) is 11.6. The predicted octanol–water partition coefficient (Wildman–Crippen LogP) is 4.43. The maximum Gasteiger partial charge on any atom is 0.230 e. The number of hydrogen-bond acceptors (Lipinski definition) is 2. The lowest BCUT2D eigenvalue weighted by atomic mass is 10.0. The first-order valence-corrected chi connectivity index (χ1v) is 9.51. The number of hydrogen-bond donors (Lipinski definition) is 1. The van der Waals surface area contributed by atoms with E-state index < -0.39 is 0 Å². The number of rotatable bonds is 6. The maximum absolute atomic E-state index is 13.5. The van der Waals surface area contributed by atoms with Crippen molar-refractivity contribution < 1.29 is 9.18 Å². The van der Waals surface area contributed by atoms with Gasteiger partial charge in [-0.05, 0) is 54.5 Å². The van der Waals surface area contributed by atoms with Crippen LogP contribution in [0.4, 0.5) is 4.39 Å². The van der Waals surface area contributed by atoms with Gasteiger partial charge in [0.1, 0.15) is 5.82 Å². The maximum atomic E-state index is 13.5. The van der Waals surface area contributed by atoms with E-state index in [0.29, 0.717) is 17.1 Å². The van der Waals surface area contributed by atoms with Crippen LogP contribution in [0.15, 0.2) is 42.5 Å². The molecule has 0 aliphatic heterocycles. The van der Waals surface area contributed by atoms with E-state index in [0.717, 1.165) is 12.0 Å². The molecular weight excluding hydrogens is 321 g/mol. The molecule has 1 N–H and O–H groups in total. The Morgan fingerprint density at radius 3 is 2.83 bits per heavy atom. The quantitative estimate of drug-likeness (QED) is 0.841. The summed E-state index contributed by atoms with van der Waals surface area (Å²) in [7, 11) is 0. The van der Waals surface area contributed by atoms with Gasteiger partial charge in [-0.2, -0.15) is 0 Å². The van der Waals surface area contributed by atoms with Crippen molar-refractivity contribution >= 4 is 17.7 Å². The van der Waals surface area contributed by atoms with Crippen LogP contribution in [0.3, 0.4) is 0 Å². The molecule has 0 bridgehead atoms. The van der Waals surface area contributed by atoms with E-state index in [9.17, 15) is 9.18 Å². The minimum absolute atomic E-state index is 0.00235. The number of benzene rings is 2. The average molecular weight is 343 g/mol. The molecule has 0 saturated heterocycles. The van der Waals surface area contributed by atoms with E-state index >= 15 is 0 Å². The summed E-state index contributed by atoms with van der Waals surface area (Å²) in [6.07, 6.45) is 3.54. The van der Waals surface area contributed by atoms with E-state index in [2.05, 4.69) is 23.5 Å². The van der Waals surface area contributed by atoms with Crippen molar-refractivity contribution in [3.63, 3.8) is 0 Å². The summed E-state index contributed by atoms with van der Waals surface area (Å²) >= 11 is 1.43. The van der Waals surface area contributed by atoms with Crippen molar-refractivity contribution in [3.8, 4) is 0 Å². The van der Waals surface area contributed by atoms with Crippen LogP contribution in [0.25, 0.3) is 0 Å². The van der Waals surface area contributed by atoms with Crippen molar-refractivity contribution in [3.05, 3.63) is 70.5 Å². The Kier molecular flexibility index (Phi) is 5.56. The summed E-state index contributed by atoms with van der Waals surface area (Å²) in [4.78, 5) is 12.1. The van der Waals surface area contributed by atoms with Gasteiger partial charge < -0.3 is 5.32 Å². The highest BCUT2D eigenvalue weighted by Gasteiger charge is 2.15. The summed E-state index contributed by atoms with van der Waals surface area (Å²) in [6, 6.07) is 13.2. The van der Waals surface area contributed by atoms with Gasteiger partial charge in [0.15, 0.2) is 0 Å². The van der Waals surface area contributed by atoms with Crippen LogP contribution in [-0.2, 0) is 23.4 Å². The Hall–Kier alpha value is -1.81. The first-order valence-electron chi connectivity index (χ1n) is 8.35. The molecule has 0 radical (unpaired) electrons. The Morgan fingerprint density at radius 2 is 2.00 bits per heavy atom. The monoisotopic (exact) mass is 343 g/mol. The molecule has 2 nitrogen and oxygen atoms in total. The van der Waals surface area contributed by atoms with Crippen molar-refractivity contribution in [1.82, 2.24) is 5.32 Å². The second-order valence-electron chi connectivity index (χ2n) is 6.26. The highest BCUT2D eigenvalue weighted by molar-refractivity contribution is 7.99. The third-order valence-corrected chi connectivity index (χ3v) is 5.43. The zero-order valence-electron chi connectivity index (χ0n) is 13.8. The summed E-state index contributed by atoms with van der Waals surface area (Å²) in [5.41, 5.74) is 4.66. The fourth-order valence-corrected chi connectivity index (χ4v) is 3.92. The minimum atomic E-state index is -0.211. The van der Waals surface area contributed by atoms with E-state index in [1.165, 1.54) is 41.8 Å². The van der Waals surface area contributed by atoms with Crippen molar-refractivity contribution in [1.29, 1.82) is 0 Å². The fraction of sp³-hybridized carbons (Fsp3) is 0.350. The highest BCUT2D eigenvalue weighted by atomic mass is 32.2. The molecule has 0 aromatic heterocycles. The number of fused-ring (bicyclic) bond motifs is 1. The molecule has 0 heterocycles. The molecule has 1 aliphatic rings. The second kappa shape index (κ2) is 7.84. The molecular formula is C20H22FNOS. The number of aryl methyl sites for hydroxylation is 2. The fourth-order valence-electron chi connectivity index (χ4n) is 3.10. The average Bonchev–Trinajstić information content (AvgIpc) is 3.04. The number of nitrogens with one attached hydrogen (secondary N) is 1. The number of thioether (sulfide) groups is 1. The number of amides is 1. The Labute approximate surface area is 146 Å². The van der Waals surface area contributed by atoms with Gasteiger partial charge in [-0.1, -0.05) is 36.4 Å². The first kappa shape index (κ1) is 17.0. The normalized spacial score (nSPS) is 14.2. The summed E-state index contributed by atoms with van der Waals surface area (Å²) in [5.74, 6) is 0.623. The van der Waals surface area contributed by atoms with Crippen LogP contribution in [0.1, 0.15) is 41.6 Å². The molecule has 4 heteroatoms. The third kappa shape index (κ3) is 4.18. The highest BCUT2D eigenvalue weighted by Crippen LogP contribution is 2.25. The number of carbonyl (C=O) groups is 1.